The van der Waals surface area contributed by atoms with Gasteiger partial charge in [-0.25, -0.2) is 0 Å². The first-order chi connectivity index (χ1) is 25.7. The number of para-hydroxylation sites is 1. The Morgan fingerprint density at radius 3 is 1.85 bits per heavy atom. The van der Waals surface area contributed by atoms with Crippen molar-refractivity contribution in [2.75, 3.05) is 12.0 Å². The molecule has 0 aliphatic heterocycles. The molecule has 3 nitrogen and oxygen atoms in total. The van der Waals surface area contributed by atoms with Crippen LogP contribution in [0.2, 0.25) is 0 Å². The minimum atomic E-state index is 0.810. The molecule has 0 spiro atoms. The molecule has 10 rings (SSSR count). The molecule has 0 amide bonds. The van der Waals surface area contributed by atoms with Crippen molar-refractivity contribution in [2.24, 2.45) is 0 Å². The lowest BCUT2D eigenvalue weighted by Gasteiger charge is -2.26. The molecule has 52 heavy (non-hydrogen) atoms. The number of benzene rings is 9. The van der Waals surface area contributed by atoms with E-state index in [1.54, 1.807) is 7.11 Å². The highest BCUT2D eigenvalue weighted by atomic mass is 16.5. The third-order valence-corrected chi connectivity index (χ3v) is 10.3. The predicted molar refractivity (Wildman–Crippen MR) is 218 cm³/mol. The van der Waals surface area contributed by atoms with Crippen LogP contribution in [0.15, 0.2) is 186 Å². The van der Waals surface area contributed by atoms with Gasteiger partial charge < -0.3 is 14.1 Å². The van der Waals surface area contributed by atoms with Crippen molar-refractivity contribution < 1.29 is 9.15 Å². The fourth-order valence-electron chi connectivity index (χ4n) is 7.88. The Kier molecular flexibility index (Phi) is 7.04. The van der Waals surface area contributed by atoms with Crippen molar-refractivity contribution >= 4 is 71.3 Å². The fraction of sp³-hybridized carbons (Fsp3) is 0.0204. The second-order valence-electron chi connectivity index (χ2n) is 13.3. The number of nitrogens with zero attached hydrogens (tertiary/aromatic N) is 1. The largest absolute Gasteiger partial charge is 0.496 e. The van der Waals surface area contributed by atoms with Crippen molar-refractivity contribution in [1.29, 1.82) is 0 Å². The second kappa shape index (κ2) is 12.2. The molecular weight excluding hydrogens is 635 g/mol. The smallest absolute Gasteiger partial charge is 0.137 e. The summed E-state index contributed by atoms with van der Waals surface area (Å²) in [6, 6.07) is 64.7. The van der Waals surface area contributed by atoms with Gasteiger partial charge in [-0.05, 0) is 97.5 Å². The fourth-order valence-corrected chi connectivity index (χ4v) is 7.88. The molecule has 0 atom stereocenters. The minimum absolute atomic E-state index is 0.810. The highest BCUT2D eigenvalue weighted by molar-refractivity contribution is 6.23. The minimum Gasteiger partial charge on any atom is -0.496 e. The zero-order valence-corrected chi connectivity index (χ0v) is 28.6. The summed E-state index contributed by atoms with van der Waals surface area (Å²) in [5.74, 6) is 0.810. The monoisotopic (exact) mass is 667 g/mol. The molecule has 3 heteroatoms. The van der Waals surface area contributed by atoms with Gasteiger partial charge in [-0.2, -0.15) is 0 Å². The van der Waals surface area contributed by atoms with E-state index in [4.69, 9.17) is 9.15 Å². The van der Waals surface area contributed by atoms with E-state index in [1.165, 1.54) is 43.4 Å². The van der Waals surface area contributed by atoms with Crippen molar-refractivity contribution in [3.63, 3.8) is 0 Å². The summed E-state index contributed by atoms with van der Waals surface area (Å²) in [5.41, 5.74) is 9.29. The van der Waals surface area contributed by atoms with Gasteiger partial charge in [0.1, 0.15) is 16.9 Å². The zero-order chi connectivity index (χ0) is 34.6. The first-order valence-electron chi connectivity index (χ1n) is 17.6. The van der Waals surface area contributed by atoms with Gasteiger partial charge in [0.2, 0.25) is 0 Å². The number of hydrogen-bond donors (Lipinski definition) is 0. The summed E-state index contributed by atoms with van der Waals surface area (Å²) >= 11 is 0. The number of rotatable bonds is 6. The summed E-state index contributed by atoms with van der Waals surface area (Å²) in [4.78, 5) is 2.28. The van der Waals surface area contributed by atoms with E-state index in [2.05, 4.69) is 169 Å². The molecule has 0 aliphatic rings. The van der Waals surface area contributed by atoms with Crippen LogP contribution < -0.4 is 9.64 Å². The lowest BCUT2D eigenvalue weighted by atomic mass is 9.90. The summed E-state index contributed by atoms with van der Waals surface area (Å²) in [6.45, 7) is 0. The molecule has 1 aromatic heterocycles. The Hall–Kier alpha value is -6.84. The molecule has 0 saturated carbocycles. The average molecular weight is 668 g/mol. The second-order valence-corrected chi connectivity index (χ2v) is 13.3. The quantitative estimate of drug-likeness (QED) is 0.165. The summed E-state index contributed by atoms with van der Waals surface area (Å²) in [7, 11) is 1.74. The van der Waals surface area contributed by atoms with Crippen LogP contribution in [-0.2, 0) is 0 Å². The topological polar surface area (TPSA) is 25.6 Å². The predicted octanol–water partition coefficient (Wildman–Crippen LogP) is 13.9. The van der Waals surface area contributed by atoms with Crippen molar-refractivity contribution in [2.45, 2.75) is 0 Å². The lowest BCUT2D eigenvalue weighted by Crippen LogP contribution is -2.10. The van der Waals surface area contributed by atoms with Gasteiger partial charge in [0.15, 0.2) is 0 Å². The zero-order valence-electron chi connectivity index (χ0n) is 28.6. The molecule has 0 aliphatic carbocycles. The number of furan rings is 1. The number of fused-ring (bicyclic) bond motifs is 8. The highest BCUT2D eigenvalue weighted by Crippen LogP contribution is 2.43. The molecule has 0 bridgehead atoms. The van der Waals surface area contributed by atoms with Gasteiger partial charge in [-0.3, -0.25) is 0 Å². The maximum absolute atomic E-state index is 6.37. The molecule has 1 heterocycles. The Labute approximate surface area is 301 Å². The Morgan fingerprint density at radius 1 is 0.404 bits per heavy atom. The van der Waals surface area contributed by atoms with E-state index in [0.29, 0.717) is 0 Å². The lowest BCUT2D eigenvalue weighted by molar-refractivity contribution is 0.416. The van der Waals surface area contributed by atoms with Crippen molar-refractivity contribution in [3.05, 3.63) is 182 Å². The van der Waals surface area contributed by atoms with Gasteiger partial charge in [0.25, 0.3) is 0 Å². The van der Waals surface area contributed by atoms with E-state index < -0.39 is 0 Å². The number of ether oxygens (including phenoxy) is 1. The third-order valence-electron chi connectivity index (χ3n) is 10.3. The summed E-state index contributed by atoms with van der Waals surface area (Å²) in [5, 5.41) is 9.80. The SMILES string of the molecule is COc1cc(N(c2ccc(-c3cc4ccc5ccccc5c4c4ccccc34)cc2)c2ccc3c(c2)oc2ccccc23)ccc1-c1ccccc1. The van der Waals surface area contributed by atoms with E-state index in [-0.39, 0.29) is 0 Å². The molecule has 0 saturated heterocycles. The molecule has 0 unspecified atom stereocenters. The molecule has 0 fully saturated rings. The number of hydrogen-bond acceptors (Lipinski definition) is 3. The van der Waals surface area contributed by atoms with Crippen molar-refractivity contribution in [3.8, 4) is 28.0 Å². The van der Waals surface area contributed by atoms with Crippen LogP contribution in [-0.4, -0.2) is 7.11 Å². The normalized spacial score (nSPS) is 11.6. The molecule has 0 N–H and O–H groups in total. The van der Waals surface area contributed by atoms with Gasteiger partial charge in [-0.15, -0.1) is 0 Å². The highest BCUT2D eigenvalue weighted by Gasteiger charge is 2.19. The van der Waals surface area contributed by atoms with E-state index >= 15 is 0 Å². The Bertz CT molecular complexity index is 2940. The van der Waals surface area contributed by atoms with Crippen LogP contribution in [0.4, 0.5) is 17.1 Å². The maximum atomic E-state index is 6.37. The van der Waals surface area contributed by atoms with Crippen LogP contribution in [0.1, 0.15) is 0 Å². The van der Waals surface area contributed by atoms with Gasteiger partial charge in [-0.1, -0.05) is 121 Å². The van der Waals surface area contributed by atoms with Gasteiger partial charge in [0, 0.05) is 45.5 Å². The molecular formula is C49H33NO2. The van der Waals surface area contributed by atoms with Crippen LogP contribution >= 0.6 is 0 Å². The first-order valence-corrected chi connectivity index (χ1v) is 17.6. The van der Waals surface area contributed by atoms with Crippen LogP contribution in [0.5, 0.6) is 5.75 Å². The van der Waals surface area contributed by atoms with E-state index in [1.807, 2.05) is 18.2 Å². The first kappa shape index (κ1) is 30.0. The van der Waals surface area contributed by atoms with E-state index in [0.717, 1.165) is 55.9 Å². The number of methoxy groups -OCH3 is 1. The molecule has 10 aromatic rings. The van der Waals surface area contributed by atoms with Crippen LogP contribution in [0.3, 0.4) is 0 Å². The summed E-state index contributed by atoms with van der Waals surface area (Å²) < 4.78 is 12.4. The van der Waals surface area contributed by atoms with Gasteiger partial charge in [0.05, 0.1) is 7.11 Å². The molecule has 9 aromatic carbocycles. The van der Waals surface area contributed by atoms with Crippen molar-refractivity contribution in [1.82, 2.24) is 0 Å². The van der Waals surface area contributed by atoms with Gasteiger partial charge >= 0.3 is 0 Å². The molecule has 246 valence electrons. The average Bonchev–Trinajstić information content (AvgIpc) is 3.59. The standard InChI is InChI=1S/C49H33NO2/c1-51-47-30-37(25-27-39(47)32-11-3-2-4-12-32)50(38-26-28-43-42-16-9-10-18-46(42)52-48(43)31-38)36-23-21-34(22-24-36)45-29-35-20-19-33-13-5-6-14-40(33)49(35)44-17-8-7-15-41(44)45/h2-31H,1H3. The number of anilines is 3. The summed E-state index contributed by atoms with van der Waals surface area (Å²) in [6.07, 6.45) is 0. The van der Waals surface area contributed by atoms with Crippen LogP contribution in [0, 0.1) is 0 Å². The molecule has 0 radical (unpaired) electrons. The Balaban J connectivity index is 1.13. The van der Waals surface area contributed by atoms with Crippen LogP contribution in [0.25, 0.3) is 76.5 Å². The van der Waals surface area contributed by atoms with E-state index in [9.17, 15) is 0 Å². The maximum Gasteiger partial charge on any atom is 0.137 e. The third kappa shape index (κ3) is 4.90. The Morgan fingerprint density at radius 2 is 1.02 bits per heavy atom.